The molecule has 0 amide bonds. The molecule has 0 fully saturated rings. The van der Waals surface area contributed by atoms with Gasteiger partial charge in [0.2, 0.25) is 0 Å². The third-order valence-electron chi connectivity index (χ3n) is 2.61. The highest BCUT2D eigenvalue weighted by atomic mass is 19.1. The molecule has 0 radical (unpaired) electrons. The number of hydrogen-bond donors (Lipinski definition) is 1. The van der Waals surface area contributed by atoms with E-state index in [9.17, 15) is 4.39 Å². The Morgan fingerprint density at radius 3 is 2.81 bits per heavy atom. The van der Waals surface area contributed by atoms with Gasteiger partial charge in [0.15, 0.2) is 0 Å². The van der Waals surface area contributed by atoms with E-state index in [4.69, 9.17) is 5.73 Å². The molecule has 0 aliphatic rings. The maximum absolute atomic E-state index is 13.1. The highest BCUT2D eigenvalue weighted by Gasteiger charge is 2.11. The van der Waals surface area contributed by atoms with Crippen LogP contribution in [0.15, 0.2) is 42.7 Å². The lowest BCUT2D eigenvalue weighted by Crippen LogP contribution is -2.13. The average molecular weight is 216 g/mol. The lowest BCUT2D eigenvalue weighted by molar-refractivity contribution is 0.623. The molecule has 1 atom stereocenters. The Bertz CT molecular complexity index is 497. The third-order valence-corrected chi connectivity index (χ3v) is 2.61. The molecule has 0 spiro atoms. The molecule has 1 aromatic carbocycles. The molecule has 3 heteroatoms. The summed E-state index contributed by atoms with van der Waals surface area (Å²) >= 11 is 0. The summed E-state index contributed by atoms with van der Waals surface area (Å²) in [6, 6.07) is 7.93. The molecular weight excluding hydrogens is 203 g/mol. The number of rotatable bonds is 2. The number of aryl methyl sites for hydroxylation is 1. The van der Waals surface area contributed by atoms with Crippen LogP contribution < -0.4 is 5.73 Å². The number of hydrogen-bond acceptors (Lipinski definition) is 2. The third kappa shape index (κ3) is 2.09. The van der Waals surface area contributed by atoms with Gasteiger partial charge in [0.05, 0.1) is 6.04 Å². The summed E-state index contributed by atoms with van der Waals surface area (Å²) in [5.74, 6) is -0.264. The number of nitrogens with two attached hydrogens (primary N) is 1. The zero-order valence-electron chi connectivity index (χ0n) is 9.02. The van der Waals surface area contributed by atoms with Gasteiger partial charge < -0.3 is 5.73 Å². The summed E-state index contributed by atoms with van der Waals surface area (Å²) in [7, 11) is 0. The van der Waals surface area contributed by atoms with Gasteiger partial charge in [0.25, 0.3) is 0 Å². The van der Waals surface area contributed by atoms with Crippen LogP contribution in [-0.2, 0) is 0 Å². The zero-order valence-corrected chi connectivity index (χ0v) is 9.02. The smallest absolute Gasteiger partial charge is 0.123 e. The molecule has 0 aliphatic heterocycles. The second-order valence-electron chi connectivity index (χ2n) is 3.76. The number of benzene rings is 1. The number of aromatic nitrogens is 1. The van der Waals surface area contributed by atoms with Crippen LogP contribution in [0, 0.1) is 12.7 Å². The maximum atomic E-state index is 13.1. The minimum Gasteiger partial charge on any atom is -0.320 e. The van der Waals surface area contributed by atoms with Crippen LogP contribution in [0.3, 0.4) is 0 Å². The van der Waals surface area contributed by atoms with E-state index in [1.807, 2.05) is 19.1 Å². The Hall–Kier alpha value is -1.74. The molecule has 0 bridgehead atoms. The molecule has 2 rings (SSSR count). The van der Waals surface area contributed by atoms with Gasteiger partial charge in [-0.05, 0) is 41.8 Å². The van der Waals surface area contributed by atoms with Crippen molar-refractivity contribution in [2.45, 2.75) is 13.0 Å². The minimum absolute atomic E-state index is 0.264. The molecule has 0 saturated heterocycles. The van der Waals surface area contributed by atoms with E-state index in [2.05, 4.69) is 4.98 Å². The summed E-state index contributed by atoms with van der Waals surface area (Å²) in [5, 5.41) is 0. The number of halogens is 1. The minimum atomic E-state index is -0.307. The predicted octanol–water partition coefficient (Wildman–Crippen LogP) is 2.58. The lowest BCUT2D eigenvalue weighted by Gasteiger charge is -2.14. The van der Waals surface area contributed by atoms with Crippen molar-refractivity contribution < 1.29 is 4.39 Å². The van der Waals surface area contributed by atoms with Gasteiger partial charge in [0.1, 0.15) is 5.82 Å². The summed E-state index contributed by atoms with van der Waals surface area (Å²) in [4.78, 5) is 4.01. The molecule has 2 N–H and O–H groups in total. The first kappa shape index (κ1) is 10.8. The van der Waals surface area contributed by atoms with Crippen molar-refractivity contribution >= 4 is 0 Å². The van der Waals surface area contributed by atoms with E-state index in [0.717, 1.165) is 16.7 Å². The fourth-order valence-corrected chi connectivity index (χ4v) is 1.71. The highest BCUT2D eigenvalue weighted by Crippen LogP contribution is 2.22. The molecule has 0 aliphatic carbocycles. The van der Waals surface area contributed by atoms with E-state index in [0.29, 0.717) is 0 Å². The van der Waals surface area contributed by atoms with Crippen LogP contribution in [0.25, 0.3) is 0 Å². The second kappa shape index (κ2) is 4.41. The van der Waals surface area contributed by atoms with Gasteiger partial charge in [0, 0.05) is 12.4 Å². The van der Waals surface area contributed by atoms with Crippen LogP contribution in [0.1, 0.15) is 22.7 Å². The van der Waals surface area contributed by atoms with Crippen LogP contribution in [0.2, 0.25) is 0 Å². The van der Waals surface area contributed by atoms with E-state index in [1.165, 1.54) is 12.1 Å². The molecule has 82 valence electrons. The SMILES string of the molecule is Cc1cnccc1C(N)c1cccc(F)c1. The van der Waals surface area contributed by atoms with Crippen molar-refractivity contribution in [2.75, 3.05) is 0 Å². The van der Waals surface area contributed by atoms with Gasteiger partial charge in [-0.3, -0.25) is 4.98 Å². The van der Waals surface area contributed by atoms with Crippen molar-refractivity contribution in [3.63, 3.8) is 0 Å². The Kier molecular flexibility index (Phi) is 2.97. The summed E-state index contributed by atoms with van der Waals surface area (Å²) < 4.78 is 13.1. The summed E-state index contributed by atoms with van der Waals surface area (Å²) in [5.41, 5.74) is 8.85. The van der Waals surface area contributed by atoms with Crippen LogP contribution in [0.4, 0.5) is 4.39 Å². The largest absolute Gasteiger partial charge is 0.320 e. The summed E-state index contributed by atoms with van der Waals surface area (Å²) in [6.45, 7) is 1.95. The van der Waals surface area contributed by atoms with Crippen LogP contribution in [0.5, 0.6) is 0 Å². The van der Waals surface area contributed by atoms with Crippen molar-refractivity contribution in [1.29, 1.82) is 0 Å². The Morgan fingerprint density at radius 1 is 1.31 bits per heavy atom. The second-order valence-corrected chi connectivity index (χ2v) is 3.76. The van der Waals surface area contributed by atoms with Crippen LogP contribution in [-0.4, -0.2) is 4.98 Å². The molecule has 2 aromatic rings. The zero-order chi connectivity index (χ0) is 11.5. The first-order valence-corrected chi connectivity index (χ1v) is 5.10. The van der Waals surface area contributed by atoms with Crippen molar-refractivity contribution in [2.24, 2.45) is 5.73 Å². The standard InChI is InChI=1S/C13H13FN2/c1-9-8-16-6-5-12(9)13(15)10-3-2-4-11(14)7-10/h2-8,13H,15H2,1H3. The van der Waals surface area contributed by atoms with E-state index in [1.54, 1.807) is 18.5 Å². The number of nitrogens with zero attached hydrogens (tertiary/aromatic N) is 1. The van der Waals surface area contributed by atoms with Crippen LogP contribution >= 0.6 is 0 Å². The van der Waals surface area contributed by atoms with Crippen molar-refractivity contribution in [3.05, 3.63) is 65.2 Å². The van der Waals surface area contributed by atoms with Gasteiger partial charge in [-0.25, -0.2) is 4.39 Å². The molecule has 2 nitrogen and oxygen atoms in total. The Balaban J connectivity index is 2.39. The fourth-order valence-electron chi connectivity index (χ4n) is 1.71. The molecule has 16 heavy (non-hydrogen) atoms. The molecule has 1 unspecified atom stereocenters. The maximum Gasteiger partial charge on any atom is 0.123 e. The monoisotopic (exact) mass is 216 g/mol. The van der Waals surface area contributed by atoms with Gasteiger partial charge >= 0.3 is 0 Å². The van der Waals surface area contributed by atoms with Gasteiger partial charge in [-0.1, -0.05) is 12.1 Å². The molecule has 1 aromatic heterocycles. The summed E-state index contributed by atoms with van der Waals surface area (Å²) in [6.07, 6.45) is 3.45. The topological polar surface area (TPSA) is 38.9 Å². The molecule has 1 heterocycles. The number of pyridine rings is 1. The van der Waals surface area contributed by atoms with E-state index < -0.39 is 0 Å². The first-order chi connectivity index (χ1) is 7.68. The highest BCUT2D eigenvalue weighted by molar-refractivity contribution is 5.34. The van der Waals surface area contributed by atoms with E-state index >= 15 is 0 Å². The predicted molar refractivity (Wildman–Crippen MR) is 61.4 cm³/mol. The molecular formula is C13H13FN2. The average Bonchev–Trinajstić information content (AvgIpc) is 2.29. The quantitative estimate of drug-likeness (QED) is 0.838. The van der Waals surface area contributed by atoms with Crippen molar-refractivity contribution in [1.82, 2.24) is 4.98 Å². The Labute approximate surface area is 93.9 Å². The first-order valence-electron chi connectivity index (χ1n) is 5.10. The molecule has 0 saturated carbocycles. The van der Waals surface area contributed by atoms with E-state index in [-0.39, 0.29) is 11.9 Å². The lowest BCUT2D eigenvalue weighted by atomic mass is 9.97. The van der Waals surface area contributed by atoms with Crippen molar-refractivity contribution in [3.8, 4) is 0 Å². The Morgan fingerprint density at radius 2 is 2.12 bits per heavy atom. The fraction of sp³-hybridized carbons (Fsp3) is 0.154. The van der Waals surface area contributed by atoms with Gasteiger partial charge in [-0.2, -0.15) is 0 Å². The van der Waals surface area contributed by atoms with Gasteiger partial charge in [-0.15, -0.1) is 0 Å². The normalized spacial score (nSPS) is 12.4.